The molecule has 0 saturated heterocycles. The van der Waals surface area contributed by atoms with Gasteiger partial charge in [0.05, 0.1) is 18.3 Å². The van der Waals surface area contributed by atoms with Crippen LogP contribution in [-0.2, 0) is 6.54 Å². The summed E-state index contributed by atoms with van der Waals surface area (Å²) in [6.07, 6.45) is 2.89. The first kappa shape index (κ1) is 20.6. The van der Waals surface area contributed by atoms with Crippen LogP contribution in [0, 0.1) is 12.7 Å². The Bertz CT molecular complexity index is 1400. The Morgan fingerprint density at radius 3 is 2.58 bits per heavy atom. The molecule has 2 aromatic carbocycles. The van der Waals surface area contributed by atoms with Crippen LogP contribution in [0.5, 0.6) is 5.75 Å². The van der Waals surface area contributed by atoms with Crippen molar-refractivity contribution in [1.29, 1.82) is 0 Å². The Hall–Kier alpha value is -4.27. The lowest BCUT2D eigenvalue weighted by Crippen LogP contribution is -2.13. The number of anilines is 1. The third-order valence-corrected chi connectivity index (χ3v) is 5.49. The summed E-state index contributed by atoms with van der Waals surface area (Å²) in [7, 11) is 1.59. The molecule has 0 radical (unpaired) electrons. The third-order valence-electron chi connectivity index (χ3n) is 5.49. The van der Waals surface area contributed by atoms with E-state index in [4.69, 9.17) is 9.26 Å². The Balaban J connectivity index is 1.31. The van der Waals surface area contributed by atoms with E-state index < -0.39 is 0 Å². The number of ether oxygens (including phenoxy) is 1. The summed E-state index contributed by atoms with van der Waals surface area (Å²) in [5.41, 5.74) is 4.05. The van der Waals surface area contributed by atoms with Gasteiger partial charge >= 0.3 is 0 Å². The minimum absolute atomic E-state index is 0.271. The quantitative estimate of drug-likeness (QED) is 0.388. The van der Waals surface area contributed by atoms with E-state index in [-0.39, 0.29) is 5.82 Å². The van der Waals surface area contributed by atoms with Gasteiger partial charge in [-0.15, -0.1) is 0 Å². The monoisotopic (exact) mass is 444 g/mol. The molecular weight excluding hydrogens is 423 g/mol. The minimum atomic E-state index is -0.271. The Kier molecular flexibility index (Phi) is 5.43. The van der Waals surface area contributed by atoms with E-state index in [0.717, 1.165) is 27.9 Å². The van der Waals surface area contributed by atoms with Gasteiger partial charge in [0, 0.05) is 41.4 Å². The van der Waals surface area contributed by atoms with E-state index >= 15 is 0 Å². The molecule has 0 saturated carbocycles. The van der Waals surface area contributed by atoms with Gasteiger partial charge in [-0.2, -0.15) is 4.98 Å². The second-order valence-corrected chi connectivity index (χ2v) is 7.49. The predicted molar refractivity (Wildman–Crippen MR) is 122 cm³/mol. The predicted octanol–water partition coefficient (Wildman–Crippen LogP) is 4.72. The molecule has 1 N–H and O–H groups in total. The smallest absolute Gasteiger partial charge is 0.257 e. The zero-order chi connectivity index (χ0) is 22.8. The first-order valence-corrected chi connectivity index (χ1v) is 10.4. The first-order chi connectivity index (χ1) is 16.1. The van der Waals surface area contributed by atoms with Crippen molar-refractivity contribution in [2.24, 2.45) is 0 Å². The maximum Gasteiger partial charge on any atom is 0.257 e. The van der Waals surface area contributed by atoms with E-state index in [1.807, 2.05) is 47.9 Å². The van der Waals surface area contributed by atoms with Crippen LogP contribution in [-0.4, -0.2) is 38.3 Å². The van der Waals surface area contributed by atoms with Crippen molar-refractivity contribution < 1.29 is 13.7 Å². The van der Waals surface area contributed by atoms with E-state index in [2.05, 4.69) is 25.4 Å². The maximum atomic E-state index is 14.6. The van der Waals surface area contributed by atoms with Gasteiger partial charge in [0.1, 0.15) is 23.7 Å². The molecule has 5 rings (SSSR count). The van der Waals surface area contributed by atoms with Gasteiger partial charge in [-0.1, -0.05) is 17.3 Å². The summed E-state index contributed by atoms with van der Waals surface area (Å²) in [5.74, 6) is 1.54. The average molecular weight is 444 g/mol. The fourth-order valence-corrected chi connectivity index (χ4v) is 3.90. The van der Waals surface area contributed by atoms with Crippen LogP contribution < -0.4 is 10.1 Å². The molecule has 0 fully saturated rings. The average Bonchev–Trinajstić information content (AvgIpc) is 3.49. The van der Waals surface area contributed by atoms with Crippen LogP contribution in [0.4, 0.5) is 10.2 Å². The molecule has 0 aliphatic rings. The molecule has 33 heavy (non-hydrogen) atoms. The number of rotatable bonds is 7. The van der Waals surface area contributed by atoms with Crippen molar-refractivity contribution in [2.75, 3.05) is 19.0 Å². The van der Waals surface area contributed by atoms with Gasteiger partial charge in [0.25, 0.3) is 5.89 Å². The molecule has 9 heteroatoms. The van der Waals surface area contributed by atoms with Crippen LogP contribution in [0.15, 0.2) is 65.7 Å². The number of aromatic nitrogens is 5. The number of hydrogen-bond donors (Lipinski definition) is 1. The minimum Gasteiger partial charge on any atom is -0.496 e. The van der Waals surface area contributed by atoms with Crippen LogP contribution in [0.25, 0.3) is 33.6 Å². The third kappa shape index (κ3) is 4.00. The lowest BCUT2D eigenvalue weighted by molar-refractivity contribution is 0.419. The normalized spacial score (nSPS) is 11.1. The number of nitrogens with one attached hydrogen (secondary N) is 1. The van der Waals surface area contributed by atoms with Gasteiger partial charge in [-0.25, -0.2) is 14.4 Å². The van der Waals surface area contributed by atoms with Gasteiger partial charge in [-0.3, -0.25) is 0 Å². The van der Waals surface area contributed by atoms with E-state index in [9.17, 15) is 4.39 Å². The number of methoxy groups -OCH3 is 1. The standard InChI is InChI=1S/C24H21FN6O2/c1-15-11-18-21(32-2)8-7-19(25)23(18)31(15)10-9-26-22-12-20(27-13-28-22)16-3-5-17(6-4-16)24-29-14-30-33-24/h3-8,11-14H,9-10H2,1-2H3,(H,26,27,28). The number of fused-ring (bicyclic) bond motifs is 1. The number of hydrogen-bond acceptors (Lipinski definition) is 7. The summed E-state index contributed by atoms with van der Waals surface area (Å²) < 4.78 is 27.0. The Morgan fingerprint density at radius 1 is 1.00 bits per heavy atom. The number of aryl methyl sites for hydroxylation is 1. The van der Waals surface area contributed by atoms with Crippen molar-refractivity contribution in [3.63, 3.8) is 0 Å². The highest BCUT2D eigenvalue weighted by molar-refractivity contribution is 5.88. The highest BCUT2D eigenvalue weighted by atomic mass is 19.1. The van der Waals surface area contributed by atoms with Gasteiger partial charge in [0.15, 0.2) is 6.33 Å². The molecule has 166 valence electrons. The van der Waals surface area contributed by atoms with Gasteiger partial charge in [0.2, 0.25) is 0 Å². The fraction of sp³-hybridized carbons (Fsp3) is 0.167. The zero-order valence-electron chi connectivity index (χ0n) is 18.1. The first-order valence-electron chi connectivity index (χ1n) is 10.4. The maximum absolute atomic E-state index is 14.6. The molecule has 0 atom stereocenters. The SMILES string of the molecule is COc1ccc(F)c2c1cc(C)n2CCNc1cc(-c2ccc(-c3ncno3)cc2)ncn1. The molecule has 0 aliphatic carbocycles. The number of nitrogens with zero attached hydrogens (tertiary/aromatic N) is 5. The zero-order valence-corrected chi connectivity index (χ0v) is 18.1. The lowest BCUT2D eigenvalue weighted by atomic mass is 10.1. The molecule has 8 nitrogen and oxygen atoms in total. The van der Waals surface area contributed by atoms with E-state index in [1.54, 1.807) is 13.2 Å². The van der Waals surface area contributed by atoms with E-state index in [1.165, 1.54) is 18.7 Å². The molecular formula is C24H21FN6O2. The summed E-state index contributed by atoms with van der Waals surface area (Å²) in [4.78, 5) is 12.7. The number of halogens is 1. The van der Waals surface area contributed by atoms with Crippen molar-refractivity contribution in [1.82, 2.24) is 24.7 Å². The summed E-state index contributed by atoms with van der Waals surface area (Å²) >= 11 is 0. The Labute approximate surface area is 189 Å². The molecule has 0 spiro atoms. The van der Waals surface area contributed by atoms with Gasteiger partial charge in [-0.05, 0) is 37.3 Å². The van der Waals surface area contributed by atoms with Crippen molar-refractivity contribution >= 4 is 16.7 Å². The largest absolute Gasteiger partial charge is 0.496 e. The molecule has 3 aromatic heterocycles. The fourth-order valence-electron chi connectivity index (χ4n) is 3.90. The van der Waals surface area contributed by atoms with E-state index in [0.29, 0.717) is 36.1 Å². The summed E-state index contributed by atoms with van der Waals surface area (Å²) in [6.45, 7) is 3.09. The second-order valence-electron chi connectivity index (χ2n) is 7.49. The lowest BCUT2D eigenvalue weighted by Gasteiger charge is -2.12. The van der Waals surface area contributed by atoms with Crippen LogP contribution in [0.1, 0.15) is 5.69 Å². The number of benzene rings is 2. The molecule has 3 heterocycles. The van der Waals surface area contributed by atoms with Crippen molar-refractivity contribution in [3.8, 4) is 28.5 Å². The summed E-state index contributed by atoms with van der Waals surface area (Å²) in [6, 6.07) is 14.6. The van der Waals surface area contributed by atoms with Crippen molar-refractivity contribution in [3.05, 3.63) is 72.7 Å². The van der Waals surface area contributed by atoms with Crippen LogP contribution in [0.2, 0.25) is 0 Å². The molecule has 0 amide bonds. The summed E-state index contributed by atoms with van der Waals surface area (Å²) in [5, 5.41) is 7.70. The molecule has 0 unspecified atom stereocenters. The second kappa shape index (κ2) is 8.70. The topological polar surface area (TPSA) is 90.9 Å². The Morgan fingerprint density at radius 2 is 1.82 bits per heavy atom. The molecule has 5 aromatic rings. The van der Waals surface area contributed by atoms with Gasteiger partial charge < -0.3 is 19.1 Å². The van der Waals surface area contributed by atoms with Crippen molar-refractivity contribution in [2.45, 2.75) is 13.5 Å². The van der Waals surface area contributed by atoms with Crippen LogP contribution >= 0.6 is 0 Å². The molecule has 0 bridgehead atoms. The highest BCUT2D eigenvalue weighted by Gasteiger charge is 2.14. The van der Waals surface area contributed by atoms with Crippen LogP contribution in [0.3, 0.4) is 0 Å². The molecule has 0 aliphatic heterocycles. The highest BCUT2D eigenvalue weighted by Crippen LogP contribution is 2.31.